The van der Waals surface area contributed by atoms with Crippen molar-refractivity contribution in [3.63, 3.8) is 0 Å². The number of nitrogens with zero attached hydrogens (tertiary/aromatic N) is 3. The van der Waals surface area contributed by atoms with Gasteiger partial charge in [-0.2, -0.15) is 31.8 Å². The number of rotatable bonds is 8. The molecule has 200 valence electrons. The fourth-order valence-corrected chi connectivity index (χ4v) is 3.80. The highest BCUT2D eigenvalue weighted by Gasteiger charge is 2.49. The molecule has 37 heavy (non-hydrogen) atoms. The Morgan fingerprint density at radius 3 is 2.65 bits per heavy atom. The van der Waals surface area contributed by atoms with Crippen molar-refractivity contribution in [3.05, 3.63) is 29.5 Å². The zero-order chi connectivity index (χ0) is 27.4. The zero-order valence-electron chi connectivity index (χ0n) is 19.7. The molecule has 0 radical (unpaired) electrons. The van der Waals surface area contributed by atoms with Gasteiger partial charge in [-0.25, -0.2) is 9.78 Å². The standard InChI is InChI=1S/C21H22F3N5O7S/c1-11-9-26-20(29-18(11)28-15-10-35-5-4-12(15)8-25)27-13-6-14(19(30)34-3)17(16(7-13)33-2)36-37(31,32)21(22,23)24/h6-7,9,12,15H,4-5,10H2,1-3H3,(H2,26,27,28,29). The average molecular weight is 545 g/mol. The fraction of sp³-hybridized carbons (Fsp3) is 0.429. The summed E-state index contributed by atoms with van der Waals surface area (Å²) in [5, 5.41) is 15.3. The van der Waals surface area contributed by atoms with E-state index >= 15 is 0 Å². The van der Waals surface area contributed by atoms with Gasteiger partial charge in [0.15, 0.2) is 11.5 Å². The Kier molecular flexibility index (Phi) is 8.28. The Morgan fingerprint density at radius 1 is 1.30 bits per heavy atom. The molecule has 2 unspecified atom stereocenters. The predicted octanol–water partition coefficient (Wildman–Crippen LogP) is 2.89. The summed E-state index contributed by atoms with van der Waals surface area (Å²) in [5.41, 5.74) is -5.73. The summed E-state index contributed by atoms with van der Waals surface area (Å²) in [5.74, 6) is -2.62. The molecule has 1 aromatic carbocycles. The Morgan fingerprint density at radius 2 is 2.03 bits per heavy atom. The molecule has 1 saturated heterocycles. The number of carbonyl (C=O) groups is 1. The highest BCUT2D eigenvalue weighted by Crippen LogP contribution is 2.39. The summed E-state index contributed by atoms with van der Waals surface area (Å²) in [4.78, 5) is 20.8. The number of nitrogens with one attached hydrogen (secondary N) is 2. The maximum absolute atomic E-state index is 12.9. The first-order valence-electron chi connectivity index (χ1n) is 10.6. The van der Waals surface area contributed by atoms with Gasteiger partial charge in [0.2, 0.25) is 5.95 Å². The first kappa shape index (κ1) is 27.7. The summed E-state index contributed by atoms with van der Waals surface area (Å²) < 4.78 is 81.0. The van der Waals surface area contributed by atoms with Crippen LogP contribution in [0.25, 0.3) is 0 Å². The largest absolute Gasteiger partial charge is 0.534 e. The molecule has 12 nitrogen and oxygen atoms in total. The number of benzene rings is 1. The van der Waals surface area contributed by atoms with Crippen LogP contribution in [0.2, 0.25) is 0 Å². The van der Waals surface area contributed by atoms with Crippen molar-refractivity contribution in [3.8, 4) is 17.6 Å². The molecule has 1 fully saturated rings. The van der Waals surface area contributed by atoms with Crippen LogP contribution in [-0.4, -0.2) is 63.3 Å². The molecule has 2 heterocycles. The van der Waals surface area contributed by atoms with Gasteiger partial charge in [0.1, 0.15) is 11.4 Å². The van der Waals surface area contributed by atoms with Crippen molar-refractivity contribution in [2.75, 3.05) is 38.1 Å². The van der Waals surface area contributed by atoms with E-state index in [1.54, 1.807) is 6.92 Å². The highest BCUT2D eigenvalue weighted by atomic mass is 32.2. The molecule has 2 atom stereocenters. The van der Waals surface area contributed by atoms with Crippen LogP contribution in [0.3, 0.4) is 0 Å². The quantitative estimate of drug-likeness (QED) is 0.284. The van der Waals surface area contributed by atoms with E-state index < -0.39 is 38.7 Å². The number of aromatic nitrogens is 2. The van der Waals surface area contributed by atoms with Gasteiger partial charge in [-0.15, -0.1) is 0 Å². The summed E-state index contributed by atoms with van der Waals surface area (Å²) in [6.45, 7) is 2.51. The van der Waals surface area contributed by atoms with Crippen LogP contribution in [0.4, 0.5) is 30.6 Å². The minimum Gasteiger partial charge on any atom is -0.493 e. The molecular formula is C21H22F3N5O7S. The van der Waals surface area contributed by atoms with Crippen molar-refractivity contribution >= 4 is 33.5 Å². The summed E-state index contributed by atoms with van der Waals surface area (Å²) >= 11 is 0. The summed E-state index contributed by atoms with van der Waals surface area (Å²) in [6, 6.07) is 3.99. The number of hydrogen-bond donors (Lipinski definition) is 2. The van der Waals surface area contributed by atoms with Crippen LogP contribution in [0, 0.1) is 24.2 Å². The first-order valence-corrected chi connectivity index (χ1v) is 12.0. The Hall–Kier alpha value is -3.84. The van der Waals surface area contributed by atoms with Crippen molar-refractivity contribution < 1.29 is 44.8 Å². The van der Waals surface area contributed by atoms with Gasteiger partial charge in [0.25, 0.3) is 0 Å². The third kappa shape index (κ3) is 6.30. The number of esters is 1. The molecule has 0 bridgehead atoms. The van der Waals surface area contributed by atoms with Gasteiger partial charge < -0.3 is 29.0 Å². The maximum atomic E-state index is 12.9. The molecule has 0 amide bonds. The van der Waals surface area contributed by atoms with Gasteiger partial charge in [-0.1, -0.05) is 0 Å². The average Bonchev–Trinajstić information content (AvgIpc) is 2.85. The van der Waals surface area contributed by atoms with E-state index in [9.17, 15) is 31.6 Å². The number of anilines is 3. The van der Waals surface area contributed by atoms with Crippen molar-refractivity contribution in [2.24, 2.45) is 5.92 Å². The fourth-order valence-electron chi connectivity index (χ4n) is 3.32. The van der Waals surface area contributed by atoms with Gasteiger partial charge in [-0.05, 0) is 19.4 Å². The minimum atomic E-state index is -6.12. The van der Waals surface area contributed by atoms with E-state index in [-0.39, 0.29) is 23.6 Å². The number of methoxy groups -OCH3 is 2. The number of ether oxygens (including phenoxy) is 3. The van der Waals surface area contributed by atoms with Gasteiger partial charge >= 0.3 is 21.6 Å². The Labute approximate surface area is 209 Å². The molecule has 2 aromatic rings. The molecule has 1 aliphatic heterocycles. The van der Waals surface area contributed by atoms with Crippen LogP contribution in [0.1, 0.15) is 22.3 Å². The third-order valence-electron chi connectivity index (χ3n) is 5.23. The van der Waals surface area contributed by atoms with E-state index in [0.29, 0.717) is 31.0 Å². The lowest BCUT2D eigenvalue weighted by molar-refractivity contribution is -0.0501. The van der Waals surface area contributed by atoms with E-state index in [1.807, 2.05) is 0 Å². The monoisotopic (exact) mass is 545 g/mol. The number of aryl methyl sites for hydroxylation is 1. The van der Waals surface area contributed by atoms with Crippen LogP contribution in [0.5, 0.6) is 11.5 Å². The molecule has 16 heteroatoms. The Balaban J connectivity index is 1.96. The van der Waals surface area contributed by atoms with E-state index in [4.69, 9.17) is 9.47 Å². The van der Waals surface area contributed by atoms with Gasteiger partial charge in [0, 0.05) is 30.1 Å². The maximum Gasteiger partial charge on any atom is 0.534 e. The minimum absolute atomic E-state index is 0.00721. The second kappa shape index (κ2) is 11.0. The van der Waals surface area contributed by atoms with E-state index in [0.717, 1.165) is 26.4 Å². The van der Waals surface area contributed by atoms with Gasteiger partial charge in [-0.3, -0.25) is 0 Å². The SMILES string of the molecule is COC(=O)c1cc(Nc2ncc(C)c(NC3COCCC3C#N)n2)cc(OC)c1OS(=O)(=O)C(F)(F)F. The number of alkyl halides is 3. The number of hydrogen-bond acceptors (Lipinski definition) is 12. The molecule has 0 aliphatic carbocycles. The predicted molar refractivity (Wildman–Crippen MR) is 122 cm³/mol. The lowest BCUT2D eigenvalue weighted by Crippen LogP contribution is -2.38. The van der Waals surface area contributed by atoms with Crippen molar-refractivity contribution in [1.82, 2.24) is 9.97 Å². The van der Waals surface area contributed by atoms with Crippen LogP contribution >= 0.6 is 0 Å². The smallest absolute Gasteiger partial charge is 0.493 e. The van der Waals surface area contributed by atoms with Gasteiger partial charge in [0.05, 0.1) is 38.9 Å². The lowest BCUT2D eigenvalue weighted by Gasteiger charge is -2.28. The number of carbonyl (C=O) groups excluding carboxylic acids is 1. The van der Waals surface area contributed by atoms with Crippen LogP contribution < -0.4 is 19.6 Å². The lowest BCUT2D eigenvalue weighted by atomic mass is 9.96. The topological polar surface area (TPSA) is 162 Å². The van der Waals surface area contributed by atoms with Crippen molar-refractivity contribution in [2.45, 2.75) is 24.9 Å². The molecular weight excluding hydrogens is 523 g/mol. The normalized spacial score (nSPS) is 17.9. The molecule has 0 spiro atoms. The number of nitriles is 1. The summed E-state index contributed by atoms with van der Waals surface area (Å²) in [7, 11) is -4.14. The first-order chi connectivity index (χ1) is 17.4. The second-order valence-electron chi connectivity index (χ2n) is 7.73. The Bertz CT molecular complexity index is 1310. The summed E-state index contributed by atoms with van der Waals surface area (Å²) in [6.07, 6.45) is 2.03. The second-order valence-corrected chi connectivity index (χ2v) is 9.27. The molecule has 1 aliphatic rings. The molecule has 2 N–H and O–H groups in total. The van der Waals surface area contributed by atoms with Crippen LogP contribution in [0.15, 0.2) is 18.3 Å². The molecule has 3 rings (SSSR count). The van der Waals surface area contributed by atoms with E-state index in [1.165, 1.54) is 6.20 Å². The van der Waals surface area contributed by atoms with Crippen molar-refractivity contribution in [1.29, 1.82) is 5.26 Å². The molecule has 1 aromatic heterocycles. The number of halogens is 3. The highest BCUT2D eigenvalue weighted by molar-refractivity contribution is 7.88. The molecule has 0 saturated carbocycles. The van der Waals surface area contributed by atoms with E-state index in [2.05, 4.69) is 35.6 Å². The van der Waals surface area contributed by atoms with Crippen LogP contribution in [-0.2, 0) is 19.6 Å². The zero-order valence-corrected chi connectivity index (χ0v) is 20.6. The third-order valence-corrected chi connectivity index (χ3v) is 6.18.